The first-order valence-corrected chi connectivity index (χ1v) is 12.3. The van der Waals surface area contributed by atoms with E-state index < -0.39 is 6.10 Å². The van der Waals surface area contributed by atoms with Crippen LogP contribution >= 0.6 is 23.2 Å². The van der Waals surface area contributed by atoms with Crippen LogP contribution in [0.25, 0.3) is 22.0 Å². The van der Waals surface area contributed by atoms with Crippen LogP contribution in [0.5, 0.6) is 5.75 Å². The van der Waals surface area contributed by atoms with Gasteiger partial charge in [0.1, 0.15) is 10.9 Å². The zero-order valence-corrected chi connectivity index (χ0v) is 20.4. The Bertz CT molecular complexity index is 1250. The average Bonchev–Trinajstić information content (AvgIpc) is 3.68. The van der Waals surface area contributed by atoms with Crippen molar-refractivity contribution < 1.29 is 14.3 Å². The molecule has 2 aromatic carbocycles. The number of benzene rings is 2. The van der Waals surface area contributed by atoms with Crippen LogP contribution in [0.4, 0.5) is 0 Å². The van der Waals surface area contributed by atoms with Crippen molar-refractivity contribution >= 4 is 45.9 Å². The fraction of sp³-hybridized carbons (Fsp3) is 0.346. The Hall–Kier alpha value is -2.83. The van der Waals surface area contributed by atoms with E-state index in [2.05, 4.69) is 4.98 Å². The van der Waals surface area contributed by atoms with E-state index in [-0.39, 0.29) is 17.7 Å². The molecule has 1 saturated heterocycles. The van der Waals surface area contributed by atoms with Crippen LogP contribution in [-0.4, -0.2) is 58.9 Å². The topological polar surface area (TPSA) is 62.7 Å². The maximum atomic E-state index is 13.0. The van der Waals surface area contributed by atoms with Crippen LogP contribution < -0.4 is 4.74 Å². The van der Waals surface area contributed by atoms with E-state index in [1.807, 2.05) is 41.3 Å². The number of carbonyl (C=O) groups excluding carboxylic acids is 2. The molecule has 2 heterocycles. The highest BCUT2D eigenvalue weighted by molar-refractivity contribution is 6.34. The van der Waals surface area contributed by atoms with E-state index in [0.717, 1.165) is 29.4 Å². The van der Waals surface area contributed by atoms with Gasteiger partial charge in [-0.15, -0.1) is 0 Å². The highest BCUT2D eigenvalue weighted by Crippen LogP contribution is 2.36. The number of carbonyl (C=O) groups is 2. The number of hydrogen-bond donors (Lipinski definition) is 0. The predicted octanol–water partition coefficient (Wildman–Crippen LogP) is 5.06. The number of amides is 2. The lowest BCUT2D eigenvalue weighted by molar-refractivity contribution is -0.144. The molecule has 2 amide bonds. The molecule has 1 aromatic heterocycles. The molecule has 0 bridgehead atoms. The Morgan fingerprint density at radius 3 is 2.38 bits per heavy atom. The molecule has 8 heteroatoms. The quantitative estimate of drug-likeness (QED) is 0.462. The van der Waals surface area contributed by atoms with Crippen molar-refractivity contribution in [1.82, 2.24) is 14.8 Å². The van der Waals surface area contributed by atoms with Crippen molar-refractivity contribution in [2.75, 3.05) is 26.2 Å². The van der Waals surface area contributed by atoms with E-state index >= 15 is 0 Å². The molecule has 1 aliphatic heterocycles. The van der Waals surface area contributed by atoms with Gasteiger partial charge in [-0.05, 0) is 49.6 Å². The highest BCUT2D eigenvalue weighted by atomic mass is 35.5. The zero-order chi connectivity index (χ0) is 23.8. The van der Waals surface area contributed by atoms with E-state index in [1.54, 1.807) is 24.0 Å². The van der Waals surface area contributed by atoms with E-state index in [4.69, 9.17) is 27.9 Å². The third-order valence-corrected chi connectivity index (χ3v) is 6.93. The number of nitrogens with zero attached hydrogens (tertiary/aromatic N) is 3. The summed E-state index contributed by atoms with van der Waals surface area (Å²) in [7, 11) is 0. The van der Waals surface area contributed by atoms with Gasteiger partial charge in [0.05, 0.1) is 5.52 Å². The Labute approximate surface area is 208 Å². The first-order chi connectivity index (χ1) is 16.4. The maximum absolute atomic E-state index is 13.0. The van der Waals surface area contributed by atoms with Gasteiger partial charge in [0, 0.05) is 54.1 Å². The summed E-state index contributed by atoms with van der Waals surface area (Å²) in [5.41, 5.74) is 2.41. The minimum absolute atomic E-state index is 0.0885. The lowest BCUT2D eigenvalue weighted by Crippen LogP contribution is -2.53. The number of aromatic nitrogens is 1. The summed E-state index contributed by atoms with van der Waals surface area (Å²) in [6.45, 7) is 3.96. The lowest BCUT2D eigenvalue weighted by atomic mass is 10.0. The summed E-state index contributed by atoms with van der Waals surface area (Å²) in [4.78, 5) is 33.3. The van der Waals surface area contributed by atoms with Gasteiger partial charge in [0.2, 0.25) is 5.91 Å². The zero-order valence-electron chi connectivity index (χ0n) is 18.8. The number of halogens is 2. The maximum Gasteiger partial charge on any atom is 0.263 e. The van der Waals surface area contributed by atoms with E-state index in [9.17, 15) is 9.59 Å². The number of rotatable bonds is 5. The minimum atomic E-state index is -0.662. The van der Waals surface area contributed by atoms with Gasteiger partial charge >= 0.3 is 0 Å². The van der Waals surface area contributed by atoms with Crippen molar-refractivity contribution in [3.8, 4) is 16.9 Å². The molecule has 0 radical (unpaired) electrons. The third-order valence-electron chi connectivity index (χ3n) is 6.40. The summed E-state index contributed by atoms with van der Waals surface area (Å²) < 4.78 is 5.99. The molecular formula is C26H25Cl2N3O3. The first kappa shape index (κ1) is 22.9. The van der Waals surface area contributed by atoms with Crippen molar-refractivity contribution in [2.24, 2.45) is 5.92 Å². The Kier molecular flexibility index (Phi) is 6.36. The van der Waals surface area contributed by atoms with Crippen molar-refractivity contribution in [3.05, 3.63) is 58.7 Å². The Balaban J connectivity index is 1.29. The number of fused-ring (bicyclic) bond motifs is 1. The van der Waals surface area contributed by atoms with Crippen molar-refractivity contribution in [2.45, 2.75) is 25.9 Å². The van der Waals surface area contributed by atoms with Crippen LogP contribution in [0, 0.1) is 5.92 Å². The summed E-state index contributed by atoms with van der Waals surface area (Å²) in [5.74, 6) is 0.887. The number of hydrogen-bond acceptors (Lipinski definition) is 4. The van der Waals surface area contributed by atoms with Crippen LogP contribution in [0.1, 0.15) is 19.8 Å². The molecule has 3 aromatic rings. The molecule has 6 nitrogen and oxygen atoms in total. The molecule has 2 fully saturated rings. The van der Waals surface area contributed by atoms with Crippen LogP contribution in [0.15, 0.2) is 48.5 Å². The molecule has 5 rings (SSSR count). The molecule has 0 N–H and O–H groups in total. The fourth-order valence-electron chi connectivity index (χ4n) is 4.40. The first-order valence-electron chi connectivity index (χ1n) is 11.5. The molecule has 176 valence electrons. The minimum Gasteiger partial charge on any atom is -0.481 e. The molecule has 1 atom stereocenters. The summed E-state index contributed by atoms with van der Waals surface area (Å²) in [6, 6.07) is 14.9. The van der Waals surface area contributed by atoms with Crippen LogP contribution in [0.3, 0.4) is 0 Å². The van der Waals surface area contributed by atoms with Gasteiger partial charge in [0.25, 0.3) is 5.91 Å². The standard InChI is InChI=1S/C26H25Cl2N3O3/c1-16(25(32)30-10-12-31(13-11-30)26(33)17-6-7-17)34-18-8-9-20-21(15-24(28)29-23(20)14-18)19-4-2-3-5-22(19)27/h2-5,8-9,14-17H,6-7,10-13H2,1H3/t16-/m1/s1. The van der Waals surface area contributed by atoms with Crippen molar-refractivity contribution in [1.29, 1.82) is 0 Å². The number of piperazine rings is 1. The monoisotopic (exact) mass is 497 g/mol. The lowest BCUT2D eigenvalue weighted by Gasteiger charge is -2.36. The van der Waals surface area contributed by atoms with Gasteiger partial charge in [-0.25, -0.2) is 4.98 Å². The summed E-state index contributed by atoms with van der Waals surface area (Å²) >= 11 is 12.7. The molecule has 34 heavy (non-hydrogen) atoms. The molecule has 2 aliphatic rings. The second kappa shape index (κ2) is 9.43. The third kappa shape index (κ3) is 4.70. The molecule has 0 spiro atoms. The normalized spacial score (nSPS) is 17.0. The van der Waals surface area contributed by atoms with Gasteiger partial charge in [-0.3, -0.25) is 9.59 Å². The second-order valence-electron chi connectivity index (χ2n) is 8.84. The van der Waals surface area contributed by atoms with Gasteiger partial charge in [0.15, 0.2) is 6.10 Å². The Morgan fingerprint density at radius 1 is 0.971 bits per heavy atom. The van der Waals surface area contributed by atoms with E-state index in [1.165, 1.54) is 0 Å². The Morgan fingerprint density at radius 2 is 1.68 bits per heavy atom. The largest absolute Gasteiger partial charge is 0.481 e. The average molecular weight is 498 g/mol. The predicted molar refractivity (Wildman–Crippen MR) is 133 cm³/mol. The second-order valence-corrected chi connectivity index (χ2v) is 9.63. The highest BCUT2D eigenvalue weighted by Gasteiger charge is 2.35. The summed E-state index contributed by atoms with van der Waals surface area (Å²) in [6.07, 6.45) is 1.33. The molecular weight excluding hydrogens is 473 g/mol. The number of ether oxygens (including phenoxy) is 1. The van der Waals surface area contributed by atoms with Crippen molar-refractivity contribution in [3.63, 3.8) is 0 Å². The van der Waals surface area contributed by atoms with Crippen LogP contribution in [0.2, 0.25) is 10.2 Å². The van der Waals surface area contributed by atoms with E-state index in [0.29, 0.717) is 47.6 Å². The van der Waals surface area contributed by atoms with Gasteiger partial charge in [-0.2, -0.15) is 0 Å². The molecule has 1 aliphatic carbocycles. The smallest absolute Gasteiger partial charge is 0.263 e. The molecule has 0 unspecified atom stereocenters. The van der Waals surface area contributed by atoms with Gasteiger partial charge < -0.3 is 14.5 Å². The summed E-state index contributed by atoms with van der Waals surface area (Å²) in [5, 5.41) is 1.87. The van der Waals surface area contributed by atoms with Gasteiger partial charge in [-0.1, -0.05) is 41.4 Å². The fourth-order valence-corrected chi connectivity index (χ4v) is 4.84. The SMILES string of the molecule is C[C@@H](Oc1ccc2c(-c3ccccc3Cl)cc(Cl)nc2c1)C(=O)N1CCN(C(=O)C2CC2)CC1. The number of pyridine rings is 1. The van der Waals surface area contributed by atoms with Crippen LogP contribution in [-0.2, 0) is 9.59 Å². The molecule has 1 saturated carbocycles.